The molecule has 27 heavy (non-hydrogen) atoms. The summed E-state index contributed by atoms with van der Waals surface area (Å²) < 4.78 is 19.9. The van der Waals surface area contributed by atoms with Crippen LogP contribution >= 0.6 is 0 Å². The fourth-order valence-electron chi connectivity index (χ4n) is 3.76. The number of piperidine rings is 1. The van der Waals surface area contributed by atoms with E-state index < -0.39 is 11.0 Å². The van der Waals surface area contributed by atoms with Crippen molar-refractivity contribution in [3.8, 4) is 5.75 Å². The van der Waals surface area contributed by atoms with Crippen molar-refractivity contribution in [3.05, 3.63) is 59.7 Å². The molecule has 1 heterocycles. The Morgan fingerprint density at radius 2 is 1.74 bits per heavy atom. The first kappa shape index (κ1) is 19.9. The van der Waals surface area contributed by atoms with E-state index in [9.17, 15) is 4.21 Å². The van der Waals surface area contributed by atoms with Crippen LogP contribution < -0.4 is 14.4 Å². The number of rotatable bonds is 7. The highest BCUT2D eigenvalue weighted by atomic mass is 32.2. The Morgan fingerprint density at radius 1 is 1.11 bits per heavy atom. The molecule has 1 unspecified atom stereocenters. The van der Waals surface area contributed by atoms with Gasteiger partial charge in [0.05, 0.1) is 17.6 Å². The molecular weight excluding hydrogens is 356 g/mol. The average molecular weight is 387 g/mol. The van der Waals surface area contributed by atoms with Gasteiger partial charge in [0, 0.05) is 31.1 Å². The van der Waals surface area contributed by atoms with Crippen LogP contribution in [0, 0.1) is 0 Å². The molecule has 4 nitrogen and oxygen atoms in total. The summed E-state index contributed by atoms with van der Waals surface area (Å²) in [5, 5.41) is 0. The van der Waals surface area contributed by atoms with E-state index >= 15 is 0 Å². The molecule has 1 saturated heterocycles. The minimum Gasteiger partial charge on any atom is -0.494 e. The molecule has 0 bridgehead atoms. The second-order valence-electron chi connectivity index (χ2n) is 7.15. The molecule has 0 aromatic heterocycles. The van der Waals surface area contributed by atoms with Crippen molar-refractivity contribution in [2.24, 2.45) is 0 Å². The molecule has 0 aliphatic carbocycles. The van der Waals surface area contributed by atoms with Crippen molar-refractivity contribution in [2.75, 3.05) is 30.9 Å². The molecule has 5 heteroatoms. The summed E-state index contributed by atoms with van der Waals surface area (Å²) in [5.41, 5.74) is 3.87. The first-order chi connectivity index (χ1) is 13.1. The van der Waals surface area contributed by atoms with Gasteiger partial charge in [0.15, 0.2) is 0 Å². The van der Waals surface area contributed by atoms with Gasteiger partial charge < -0.3 is 9.64 Å². The molecule has 0 amide bonds. The summed E-state index contributed by atoms with van der Waals surface area (Å²) in [7, 11) is -0.994. The zero-order valence-electron chi connectivity index (χ0n) is 16.5. The molecule has 1 fully saturated rings. The maximum Gasteiger partial charge on any atom is 0.119 e. The highest BCUT2D eigenvalue weighted by molar-refractivity contribution is 7.82. The second kappa shape index (κ2) is 9.38. The van der Waals surface area contributed by atoms with Crippen LogP contribution in [-0.4, -0.2) is 30.2 Å². The molecule has 1 N–H and O–H groups in total. The van der Waals surface area contributed by atoms with E-state index in [1.807, 2.05) is 13.8 Å². The molecule has 1 aliphatic heterocycles. The van der Waals surface area contributed by atoms with Crippen LogP contribution in [0.3, 0.4) is 0 Å². The lowest BCUT2D eigenvalue weighted by atomic mass is 9.88. The third-order valence-corrected chi connectivity index (χ3v) is 5.94. The molecule has 0 spiro atoms. The monoisotopic (exact) mass is 386 g/mol. The van der Waals surface area contributed by atoms with Crippen molar-refractivity contribution in [2.45, 2.75) is 38.6 Å². The van der Waals surface area contributed by atoms with Gasteiger partial charge in [0.25, 0.3) is 0 Å². The Balaban J connectivity index is 1.56. The number of hydrogen-bond acceptors (Lipinski definition) is 3. The lowest BCUT2D eigenvalue weighted by molar-refractivity contribution is 0.340. The van der Waals surface area contributed by atoms with E-state index in [2.05, 4.69) is 58.2 Å². The Bertz CT molecular complexity index is 738. The molecule has 0 saturated carbocycles. The quantitative estimate of drug-likeness (QED) is 0.766. The highest BCUT2D eigenvalue weighted by Gasteiger charge is 2.21. The smallest absolute Gasteiger partial charge is 0.119 e. The Morgan fingerprint density at radius 3 is 2.30 bits per heavy atom. The van der Waals surface area contributed by atoms with Crippen LogP contribution in [0.2, 0.25) is 0 Å². The predicted molar refractivity (Wildman–Crippen MR) is 114 cm³/mol. The Hall–Kier alpha value is -1.85. The fourth-order valence-corrected chi connectivity index (χ4v) is 4.40. The molecular formula is C22H30N2O2S. The third kappa shape index (κ3) is 5.33. The average Bonchev–Trinajstić information content (AvgIpc) is 2.69. The van der Waals surface area contributed by atoms with Crippen LogP contribution in [0.1, 0.15) is 49.8 Å². The molecule has 0 radical (unpaired) electrons. The minimum absolute atomic E-state index is 0.103. The number of ether oxygens (including phenoxy) is 1. The van der Waals surface area contributed by atoms with E-state index in [4.69, 9.17) is 4.74 Å². The van der Waals surface area contributed by atoms with Gasteiger partial charge in [-0.05, 0) is 68.0 Å². The van der Waals surface area contributed by atoms with Gasteiger partial charge in [0.1, 0.15) is 5.75 Å². The number of nitrogens with one attached hydrogen (secondary N) is 1. The van der Waals surface area contributed by atoms with Gasteiger partial charge in [-0.2, -0.15) is 0 Å². The highest BCUT2D eigenvalue weighted by Crippen LogP contribution is 2.31. The van der Waals surface area contributed by atoms with Gasteiger partial charge in [-0.25, -0.2) is 8.93 Å². The summed E-state index contributed by atoms with van der Waals surface area (Å²) in [6.07, 6.45) is 4.00. The maximum atomic E-state index is 11.3. The maximum absolute atomic E-state index is 11.3. The number of hydrogen-bond donors (Lipinski definition) is 1. The first-order valence-electron chi connectivity index (χ1n) is 9.74. The summed E-state index contributed by atoms with van der Waals surface area (Å²) >= 11 is 0. The molecule has 2 aromatic carbocycles. The van der Waals surface area contributed by atoms with Crippen molar-refractivity contribution in [3.63, 3.8) is 0 Å². The number of benzene rings is 2. The van der Waals surface area contributed by atoms with Gasteiger partial charge >= 0.3 is 0 Å². The SMILES string of the molecule is CCOc1ccc(N2CCC(c3ccc([C@H](C)NS(C)=O)cc3)CC2)cc1. The van der Waals surface area contributed by atoms with E-state index in [0.717, 1.165) is 18.8 Å². The summed E-state index contributed by atoms with van der Waals surface area (Å²) in [6, 6.07) is 17.3. The van der Waals surface area contributed by atoms with Crippen LogP contribution in [-0.2, 0) is 11.0 Å². The standard InChI is InChI=1S/C22H30N2O2S/c1-4-26-22-11-9-21(10-12-22)24-15-13-20(14-16-24)19-7-5-18(6-8-19)17(2)23-27(3)25/h5-12,17,20,23H,4,13-16H2,1-3H3/t17-,27?/m0/s1. The Kier molecular flexibility index (Phi) is 6.91. The van der Waals surface area contributed by atoms with Gasteiger partial charge in [-0.1, -0.05) is 24.3 Å². The van der Waals surface area contributed by atoms with E-state index in [-0.39, 0.29) is 6.04 Å². The summed E-state index contributed by atoms with van der Waals surface area (Å²) in [5.74, 6) is 1.55. The zero-order chi connectivity index (χ0) is 19.2. The lowest BCUT2D eigenvalue weighted by Crippen LogP contribution is -2.32. The van der Waals surface area contributed by atoms with Crippen LogP contribution in [0.25, 0.3) is 0 Å². The number of nitrogens with zero attached hydrogens (tertiary/aromatic N) is 1. The summed E-state index contributed by atoms with van der Waals surface area (Å²) in [6.45, 7) is 6.91. The van der Waals surface area contributed by atoms with Gasteiger partial charge in [-0.3, -0.25) is 0 Å². The van der Waals surface area contributed by atoms with Crippen molar-refractivity contribution >= 4 is 16.7 Å². The Labute approximate surface area is 165 Å². The largest absolute Gasteiger partial charge is 0.494 e. The summed E-state index contributed by atoms with van der Waals surface area (Å²) in [4.78, 5) is 2.46. The van der Waals surface area contributed by atoms with Gasteiger partial charge in [-0.15, -0.1) is 0 Å². The topological polar surface area (TPSA) is 41.6 Å². The van der Waals surface area contributed by atoms with E-state index in [1.54, 1.807) is 6.26 Å². The van der Waals surface area contributed by atoms with E-state index in [0.29, 0.717) is 12.5 Å². The van der Waals surface area contributed by atoms with Crippen LogP contribution in [0.4, 0.5) is 5.69 Å². The molecule has 2 aromatic rings. The van der Waals surface area contributed by atoms with Crippen LogP contribution in [0.15, 0.2) is 48.5 Å². The zero-order valence-corrected chi connectivity index (χ0v) is 17.3. The van der Waals surface area contributed by atoms with E-state index in [1.165, 1.54) is 29.7 Å². The molecule has 2 atom stereocenters. The molecule has 146 valence electrons. The molecule has 3 rings (SSSR count). The van der Waals surface area contributed by atoms with Gasteiger partial charge in [0.2, 0.25) is 0 Å². The third-order valence-electron chi connectivity index (χ3n) is 5.26. The fraction of sp³-hybridized carbons (Fsp3) is 0.455. The van der Waals surface area contributed by atoms with Crippen molar-refractivity contribution in [1.82, 2.24) is 4.72 Å². The predicted octanol–water partition coefficient (Wildman–Crippen LogP) is 4.41. The first-order valence-corrected chi connectivity index (χ1v) is 11.3. The number of anilines is 1. The van der Waals surface area contributed by atoms with Crippen molar-refractivity contribution in [1.29, 1.82) is 0 Å². The van der Waals surface area contributed by atoms with Crippen molar-refractivity contribution < 1.29 is 8.95 Å². The lowest BCUT2D eigenvalue weighted by Gasteiger charge is -2.34. The normalized spacial score (nSPS) is 17.5. The van der Waals surface area contributed by atoms with Crippen LogP contribution in [0.5, 0.6) is 5.75 Å². The molecule has 1 aliphatic rings. The minimum atomic E-state index is -0.994. The second-order valence-corrected chi connectivity index (χ2v) is 8.29.